The number of aromatic nitrogens is 3. The van der Waals surface area contributed by atoms with Crippen LogP contribution in [0.4, 0.5) is 11.8 Å². The van der Waals surface area contributed by atoms with Crippen LogP contribution in [-0.2, 0) is 6.54 Å². The van der Waals surface area contributed by atoms with Crippen LogP contribution in [0.15, 0.2) is 36.5 Å². The minimum absolute atomic E-state index is 0.0850. The second-order valence-corrected chi connectivity index (χ2v) is 5.85. The van der Waals surface area contributed by atoms with E-state index in [1.54, 1.807) is 6.20 Å². The topological polar surface area (TPSA) is 53.9 Å². The van der Waals surface area contributed by atoms with Gasteiger partial charge in [0.1, 0.15) is 0 Å². The average Bonchev–Trinajstić information content (AvgIpc) is 2.38. The van der Waals surface area contributed by atoms with Gasteiger partial charge >= 0.3 is 0 Å². The smallest absolute Gasteiger partial charge is 0.245 e. The van der Waals surface area contributed by atoms with Crippen LogP contribution < -0.4 is 10.2 Å². The molecule has 0 saturated heterocycles. The molecule has 0 spiro atoms. The molecule has 1 N–H and O–H groups in total. The van der Waals surface area contributed by atoms with Crippen molar-refractivity contribution in [1.82, 2.24) is 15.2 Å². The summed E-state index contributed by atoms with van der Waals surface area (Å²) in [5.41, 5.74) is 1.15. The van der Waals surface area contributed by atoms with Gasteiger partial charge in [-0.15, -0.1) is 5.10 Å². The van der Waals surface area contributed by atoms with Crippen LogP contribution in [0.3, 0.4) is 0 Å². The molecule has 20 heavy (non-hydrogen) atoms. The maximum atomic E-state index is 4.50. The number of rotatable bonds is 4. The number of benzene rings is 1. The van der Waals surface area contributed by atoms with Crippen LogP contribution in [0.5, 0.6) is 0 Å². The largest absolute Gasteiger partial charge is 0.354 e. The van der Waals surface area contributed by atoms with E-state index in [0.29, 0.717) is 5.95 Å². The molecule has 0 aliphatic rings. The average molecular weight is 271 g/mol. The van der Waals surface area contributed by atoms with Crippen molar-refractivity contribution in [2.45, 2.75) is 32.9 Å². The highest BCUT2D eigenvalue weighted by Gasteiger charge is 2.13. The Morgan fingerprint density at radius 1 is 1.15 bits per heavy atom. The molecule has 0 unspecified atom stereocenters. The minimum atomic E-state index is -0.0850. The Balaban J connectivity index is 2.10. The molecule has 1 aromatic carbocycles. The maximum Gasteiger partial charge on any atom is 0.245 e. The molecule has 1 heterocycles. The zero-order valence-corrected chi connectivity index (χ0v) is 12.5. The third-order valence-corrected chi connectivity index (χ3v) is 2.69. The fourth-order valence-corrected chi connectivity index (χ4v) is 1.81. The number of nitrogens with zero attached hydrogens (tertiary/aromatic N) is 4. The summed E-state index contributed by atoms with van der Waals surface area (Å²) in [6.45, 7) is 6.98. The van der Waals surface area contributed by atoms with Crippen molar-refractivity contribution in [3.8, 4) is 0 Å². The minimum Gasteiger partial charge on any atom is -0.354 e. The molecule has 2 rings (SSSR count). The summed E-state index contributed by atoms with van der Waals surface area (Å²) in [6.07, 6.45) is 1.68. The van der Waals surface area contributed by atoms with Crippen molar-refractivity contribution in [1.29, 1.82) is 0 Å². The number of nitrogens with one attached hydrogen (secondary N) is 1. The molecular formula is C15H21N5. The second-order valence-electron chi connectivity index (χ2n) is 5.85. The van der Waals surface area contributed by atoms with Crippen LogP contribution >= 0.6 is 0 Å². The van der Waals surface area contributed by atoms with E-state index in [4.69, 9.17) is 0 Å². The Hall–Kier alpha value is -2.17. The monoisotopic (exact) mass is 271 g/mol. The highest BCUT2D eigenvalue weighted by molar-refractivity contribution is 5.41. The number of anilines is 2. The molecule has 0 saturated carbocycles. The van der Waals surface area contributed by atoms with E-state index < -0.39 is 0 Å². The molecule has 0 aliphatic carbocycles. The summed E-state index contributed by atoms with van der Waals surface area (Å²) in [7, 11) is 2.00. The van der Waals surface area contributed by atoms with Crippen molar-refractivity contribution >= 4 is 11.8 Å². The van der Waals surface area contributed by atoms with E-state index in [1.165, 1.54) is 5.56 Å². The molecule has 0 radical (unpaired) electrons. The fourth-order valence-electron chi connectivity index (χ4n) is 1.81. The summed E-state index contributed by atoms with van der Waals surface area (Å²) < 4.78 is 0. The first kappa shape index (κ1) is 14.2. The zero-order valence-electron chi connectivity index (χ0n) is 12.5. The lowest BCUT2D eigenvalue weighted by molar-refractivity contribution is 0.622. The van der Waals surface area contributed by atoms with Crippen LogP contribution in [0.2, 0.25) is 0 Å². The number of hydrogen-bond donors (Lipinski definition) is 1. The SMILES string of the molecule is CN(Cc1ccccc1)c1cnnc(NC(C)(C)C)n1. The molecule has 5 heteroatoms. The zero-order chi connectivity index (χ0) is 14.6. The second kappa shape index (κ2) is 5.86. The Morgan fingerprint density at radius 3 is 2.50 bits per heavy atom. The van der Waals surface area contributed by atoms with Crippen molar-refractivity contribution in [2.24, 2.45) is 0 Å². The van der Waals surface area contributed by atoms with Gasteiger partial charge in [0, 0.05) is 19.1 Å². The van der Waals surface area contributed by atoms with Crippen molar-refractivity contribution in [3.05, 3.63) is 42.1 Å². The van der Waals surface area contributed by atoms with Crippen molar-refractivity contribution in [3.63, 3.8) is 0 Å². The van der Waals surface area contributed by atoms with Gasteiger partial charge in [-0.25, -0.2) is 0 Å². The molecule has 1 aromatic heterocycles. The molecule has 0 aliphatic heterocycles. The standard InChI is InChI=1S/C15H21N5/c1-15(2,3)18-14-17-13(10-16-19-14)20(4)11-12-8-6-5-7-9-12/h5-10H,11H2,1-4H3,(H,17,18,19). The lowest BCUT2D eigenvalue weighted by atomic mass is 10.1. The fraction of sp³-hybridized carbons (Fsp3) is 0.400. The Bertz CT molecular complexity index is 548. The molecule has 2 aromatic rings. The molecule has 5 nitrogen and oxygen atoms in total. The molecule has 106 valence electrons. The van der Waals surface area contributed by atoms with Crippen LogP contribution in [0.25, 0.3) is 0 Å². The van der Waals surface area contributed by atoms with E-state index >= 15 is 0 Å². The first-order valence-electron chi connectivity index (χ1n) is 6.67. The highest BCUT2D eigenvalue weighted by Crippen LogP contribution is 2.15. The summed E-state index contributed by atoms with van der Waals surface area (Å²) >= 11 is 0. The quantitative estimate of drug-likeness (QED) is 0.926. The molecule has 0 amide bonds. The summed E-state index contributed by atoms with van der Waals surface area (Å²) in [5, 5.41) is 11.3. The van der Waals surface area contributed by atoms with Gasteiger partial charge in [-0.3, -0.25) is 0 Å². The third kappa shape index (κ3) is 4.19. The lowest BCUT2D eigenvalue weighted by Gasteiger charge is -2.22. The summed E-state index contributed by atoms with van der Waals surface area (Å²) in [4.78, 5) is 6.55. The third-order valence-electron chi connectivity index (χ3n) is 2.69. The normalized spacial score (nSPS) is 11.2. The van der Waals surface area contributed by atoms with Gasteiger partial charge in [-0.05, 0) is 26.3 Å². The van der Waals surface area contributed by atoms with E-state index in [-0.39, 0.29) is 5.54 Å². The molecule has 0 bridgehead atoms. The van der Waals surface area contributed by atoms with Crippen LogP contribution in [-0.4, -0.2) is 27.8 Å². The summed E-state index contributed by atoms with van der Waals surface area (Å²) in [6, 6.07) is 10.3. The molecule has 0 atom stereocenters. The van der Waals surface area contributed by atoms with Crippen molar-refractivity contribution < 1.29 is 0 Å². The predicted molar refractivity (Wildman–Crippen MR) is 81.8 cm³/mol. The summed E-state index contributed by atoms with van der Waals surface area (Å²) in [5.74, 6) is 1.35. The van der Waals surface area contributed by atoms with Crippen LogP contribution in [0, 0.1) is 0 Å². The first-order chi connectivity index (χ1) is 9.44. The van der Waals surface area contributed by atoms with Gasteiger partial charge in [0.15, 0.2) is 5.82 Å². The van der Waals surface area contributed by atoms with Gasteiger partial charge in [-0.1, -0.05) is 30.3 Å². The van der Waals surface area contributed by atoms with Gasteiger partial charge in [-0.2, -0.15) is 10.1 Å². The van der Waals surface area contributed by atoms with Crippen LogP contribution in [0.1, 0.15) is 26.3 Å². The Morgan fingerprint density at radius 2 is 1.85 bits per heavy atom. The van der Waals surface area contributed by atoms with E-state index in [9.17, 15) is 0 Å². The lowest BCUT2D eigenvalue weighted by Crippen LogP contribution is -2.28. The maximum absolute atomic E-state index is 4.50. The van der Waals surface area contributed by atoms with Crippen molar-refractivity contribution in [2.75, 3.05) is 17.3 Å². The Kier molecular flexibility index (Phi) is 4.17. The van der Waals surface area contributed by atoms with E-state index in [0.717, 1.165) is 12.4 Å². The predicted octanol–water partition coefficient (Wildman–Crippen LogP) is 2.72. The number of hydrogen-bond acceptors (Lipinski definition) is 5. The molecule has 0 fully saturated rings. The van der Waals surface area contributed by atoms with Gasteiger partial charge in [0.2, 0.25) is 5.95 Å². The Labute approximate surface area is 120 Å². The van der Waals surface area contributed by atoms with E-state index in [2.05, 4.69) is 58.3 Å². The van der Waals surface area contributed by atoms with E-state index in [1.807, 2.05) is 25.2 Å². The van der Waals surface area contributed by atoms with Gasteiger partial charge < -0.3 is 10.2 Å². The molecular weight excluding hydrogens is 250 g/mol. The highest BCUT2D eigenvalue weighted by atomic mass is 15.3. The van der Waals surface area contributed by atoms with Gasteiger partial charge in [0.25, 0.3) is 0 Å². The first-order valence-corrected chi connectivity index (χ1v) is 6.67. The van der Waals surface area contributed by atoms with Gasteiger partial charge in [0.05, 0.1) is 6.20 Å².